The Balaban J connectivity index is 2.01. The Bertz CT molecular complexity index is 942. The third-order valence-corrected chi connectivity index (χ3v) is 3.72. The first-order valence-corrected chi connectivity index (χ1v) is 7.15. The Morgan fingerprint density at radius 3 is 2.45 bits per heavy atom. The van der Waals surface area contributed by atoms with E-state index >= 15 is 0 Å². The van der Waals surface area contributed by atoms with Crippen LogP contribution in [-0.2, 0) is 0 Å². The van der Waals surface area contributed by atoms with Crippen molar-refractivity contribution in [3.63, 3.8) is 0 Å². The lowest BCUT2D eigenvalue weighted by atomic mass is 10.1. The second-order valence-electron chi connectivity index (χ2n) is 5.18. The van der Waals surface area contributed by atoms with E-state index in [-0.39, 0.29) is 0 Å². The molecule has 1 N–H and O–H groups in total. The molecule has 2 aromatic heterocycles. The zero-order chi connectivity index (χ0) is 14.9. The summed E-state index contributed by atoms with van der Waals surface area (Å²) in [6.07, 6.45) is 1.66. The fourth-order valence-electron chi connectivity index (χ4n) is 2.58. The van der Waals surface area contributed by atoms with Crippen LogP contribution in [0.4, 0.5) is 0 Å². The fourth-order valence-corrected chi connectivity index (χ4v) is 2.58. The molecular weight excluding hydrogens is 272 g/mol. The van der Waals surface area contributed by atoms with Crippen LogP contribution in [0.15, 0.2) is 60.9 Å². The van der Waals surface area contributed by atoms with Crippen molar-refractivity contribution >= 4 is 11.2 Å². The number of aromatic nitrogens is 4. The summed E-state index contributed by atoms with van der Waals surface area (Å²) in [5, 5.41) is 0. The molecule has 0 fully saturated rings. The zero-order valence-electron chi connectivity index (χ0n) is 12.1. The quantitative estimate of drug-likeness (QED) is 0.606. The lowest BCUT2D eigenvalue weighted by Gasteiger charge is -2.07. The van der Waals surface area contributed by atoms with Gasteiger partial charge in [0.2, 0.25) is 0 Å². The van der Waals surface area contributed by atoms with Crippen LogP contribution in [0, 0.1) is 6.92 Å². The minimum atomic E-state index is 0.687. The molecule has 0 aliphatic carbocycles. The minimum absolute atomic E-state index is 0.687. The maximum atomic E-state index is 4.79. The molecule has 0 radical (unpaired) electrons. The number of H-pyrrole nitrogens is 1. The summed E-state index contributed by atoms with van der Waals surface area (Å²) in [5.41, 5.74) is 5.66. The van der Waals surface area contributed by atoms with E-state index in [4.69, 9.17) is 4.98 Å². The van der Waals surface area contributed by atoms with Crippen molar-refractivity contribution in [2.45, 2.75) is 6.92 Å². The zero-order valence-corrected chi connectivity index (χ0v) is 12.1. The molecule has 0 aliphatic rings. The van der Waals surface area contributed by atoms with Gasteiger partial charge in [0.25, 0.3) is 0 Å². The van der Waals surface area contributed by atoms with Crippen LogP contribution in [0.2, 0.25) is 0 Å². The van der Waals surface area contributed by atoms with Gasteiger partial charge in [-0.1, -0.05) is 54.6 Å². The van der Waals surface area contributed by atoms with Crippen LogP contribution in [-0.4, -0.2) is 19.9 Å². The third kappa shape index (κ3) is 2.05. The van der Waals surface area contributed by atoms with Gasteiger partial charge < -0.3 is 4.98 Å². The molecule has 4 heteroatoms. The van der Waals surface area contributed by atoms with Gasteiger partial charge in [0, 0.05) is 11.1 Å². The Hall–Kier alpha value is -3.01. The molecule has 2 heterocycles. The van der Waals surface area contributed by atoms with Gasteiger partial charge >= 0.3 is 0 Å². The van der Waals surface area contributed by atoms with Crippen molar-refractivity contribution < 1.29 is 0 Å². The van der Waals surface area contributed by atoms with E-state index in [1.165, 1.54) is 0 Å². The highest BCUT2D eigenvalue weighted by atomic mass is 15.0. The van der Waals surface area contributed by atoms with E-state index in [9.17, 15) is 0 Å². The number of fused-ring (bicyclic) bond motifs is 1. The van der Waals surface area contributed by atoms with Gasteiger partial charge in [0.1, 0.15) is 11.2 Å². The first-order chi connectivity index (χ1) is 10.8. The highest BCUT2D eigenvalue weighted by Crippen LogP contribution is 2.28. The number of aromatic amines is 1. The average Bonchev–Trinajstić information content (AvgIpc) is 3.03. The lowest BCUT2D eigenvalue weighted by molar-refractivity contribution is 1.20. The molecule has 22 heavy (non-hydrogen) atoms. The molecule has 0 atom stereocenters. The Kier molecular flexibility index (Phi) is 2.93. The summed E-state index contributed by atoms with van der Waals surface area (Å²) < 4.78 is 0. The van der Waals surface area contributed by atoms with Crippen molar-refractivity contribution in [3.05, 3.63) is 66.5 Å². The molecule has 4 aromatic rings. The Morgan fingerprint density at radius 1 is 0.864 bits per heavy atom. The molecule has 0 saturated heterocycles. The monoisotopic (exact) mass is 286 g/mol. The van der Waals surface area contributed by atoms with Crippen LogP contribution in [0.1, 0.15) is 5.56 Å². The molecule has 0 bridgehead atoms. The van der Waals surface area contributed by atoms with Crippen LogP contribution in [0.5, 0.6) is 0 Å². The molecule has 0 spiro atoms. The van der Waals surface area contributed by atoms with Gasteiger partial charge in [-0.15, -0.1) is 0 Å². The first kappa shape index (κ1) is 12.7. The van der Waals surface area contributed by atoms with Gasteiger partial charge in [-0.3, -0.25) is 0 Å². The molecule has 106 valence electrons. The number of rotatable bonds is 2. The number of benzene rings is 2. The molecule has 0 aliphatic heterocycles. The van der Waals surface area contributed by atoms with Crippen molar-refractivity contribution in [1.82, 2.24) is 19.9 Å². The van der Waals surface area contributed by atoms with Gasteiger partial charge in [0.15, 0.2) is 11.5 Å². The number of imidazole rings is 1. The van der Waals surface area contributed by atoms with E-state index in [1.54, 1.807) is 6.33 Å². The number of hydrogen-bond donors (Lipinski definition) is 1. The predicted molar refractivity (Wildman–Crippen MR) is 87.3 cm³/mol. The van der Waals surface area contributed by atoms with E-state index in [1.807, 2.05) is 48.5 Å². The Morgan fingerprint density at radius 2 is 1.64 bits per heavy atom. The average molecular weight is 286 g/mol. The number of nitrogens with one attached hydrogen (secondary N) is 1. The van der Waals surface area contributed by atoms with Crippen LogP contribution in [0.25, 0.3) is 33.8 Å². The van der Waals surface area contributed by atoms with Crippen molar-refractivity contribution in [2.75, 3.05) is 0 Å². The topological polar surface area (TPSA) is 54.5 Å². The smallest absolute Gasteiger partial charge is 0.181 e. The molecule has 4 rings (SSSR count). The Labute approximate surface area is 127 Å². The molecule has 0 saturated carbocycles. The van der Waals surface area contributed by atoms with Gasteiger partial charge in [0.05, 0.1) is 6.33 Å². The summed E-state index contributed by atoms with van der Waals surface area (Å²) in [5.74, 6) is 0.705. The number of hydrogen-bond acceptors (Lipinski definition) is 3. The number of aryl methyl sites for hydroxylation is 1. The second kappa shape index (κ2) is 5.07. The van der Waals surface area contributed by atoms with Gasteiger partial charge in [-0.05, 0) is 12.5 Å². The van der Waals surface area contributed by atoms with E-state index < -0.39 is 0 Å². The first-order valence-electron chi connectivity index (χ1n) is 7.15. The highest BCUT2D eigenvalue weighted by Gasteiger charge is 2.13. The largest absolute Gasteiger partial charge is 0.341 e. The molecule has 0 amide bonds. The highest BCUT2D eigenvalue weighted by molar-refractivity contribution is 5.88. The lowest BCUT2D eigenvalue weighted by Crippen LogP contribution is -1.96. The number of nitrogens with zero attached hydrogens (tertiary/aromatic N) is 3. The molecule has 4 nitrogen and oxygen atoms in total. The maximum absolute atomic E-state index is 4.79. The maximum Gasteiger partial charge on any atom is 0.181 e. The molecular formula is C18H14N4. The van der Waals surface area contributed by atoms with Crippen LogP contribution < -0.4 is 0 Å². The van der Waals surface area contributed by atoms with E-state index in [2.05, 4.69) is 27.9 Å². The van der Waals surface area contributed by atoms with Crippen molar-refractivity contribution in [3.8, 4) is 22.6 Å². The SMILES string of the molecule is Cc1ccccc1-c1nc(-c2ccccc2)c2[nH]cnc2n1. The van der Waals surface area contributed by atoms with E-state index in [0.29, 0.717) is 11.5 Å². The van der Waals surface area contributed by atoms with Gasteiger partial charge in [-0.2, -0.15) is 0 Å². The van der Waals surface area contributed by atoms with Crippen LogP contribution >= 0.6 is 0 Å². The molecule has 0 unspecified atom stereocenters. The second-order valence-corrected chi connectivity index (χ2v) is 5.18. The van der Waals surface area contributed by atoms with Gasteiger partial charge in [-0.25, -0.2) is 15.0 Å². The van der Waals surface area contributed by atoms with Crippen molar-refractivity contribution in [1.29, 1.82) is 0 Å². The molecule has 2 aromatic carbocycles. The van der Waals surface area contributed by atoms with E-state index in [0.717, 1.165) is 27.9 Å². The standard InChI is InChI=1S/C18H14N4/c1-12-7-5-6-10-14(12)17-21-15(13-8-3-2-4-9-13)16-18(22-17)20-11-19-16/h2-11H,1H3,(H,19,20,21,22). The van der Waals surface area contributed by atoms with Crippen LogP contribution in [0.3, 0.4) is 0 Å². The summed E-state index contributed by atoms with van der Waals surface area (Å²) >= 11 is 0. The summed E-state index contributed by atoms with van der Waals surface area (Å²) in [6, 6.07) is 18.2. The predicted octanol–water partition coefficient (Wildman–Crippen LogP) is 4.00. The third-order valence-electron chi connectivity index (χ3n) is 3.72. The summed E-state index contributed by atoms with van der Waals surface area (Å²) in [4.78, 5) is 16.8. The fraction of sp³-hybridized carbons (Fsp3) is 0.0556. The normalized spacial score (nSPS) is 11.0. The summed E-state index contributed by atoms with van der Waals surface area (Å²) in [7, 11) is 0. The minimum Gasteiger partial charge on any atom is -0.341 e. The van der Waals surface area contributed by atoms with Crippen molar-refractivity contribution in [2.24, 2.45) is 0 Å². The summed E-state index contributed by atoms with van der Waals surface area (Å²) in [6.45, 7) is 2.07.